The van der Waals surface area contributed by atoms with Crippen molar-refractivity contribution in [2.24, 2.45) is 0 Å². The van der Waals surface area contributed by atoms with Gasteiger partial charge < -0.3 is 14.9 Å². The summed E-state index contributed by atoms with van der Waals surface area (Å²) < 4.78 is 24.3. The number of nitrogen functional groups attached to an aromatic ring is 1. The molecule has 4 nitrogen and oxygen atoms in total. The lowest BCUT2D eigenvalue weighted by Crippen LogP contribution is -1.95. The molecule has 3 rings (SSSR count). The minimum atomic E-state index is -0.436. The summed E-state index contributed by atoms with van der Waals surface area (Å²) in [5, 5.41) is 0. The third-order valence-corrected chi connectivity index (χ3v) is 2.88. The van der Waals surface area contributed by atoms with E-state index in [0.717, 1.165) is 11.3 Å². The summed E-state index contributed by atoms with van der Waals surface area (Å²) in [5.41, 5.74) is 7.79. The van der Waals surface area contributed by atoms with Crippen LogP contribution in [0, 0.1) is 12.7 Å². The number of halogens is 1. The van der Waals surface area contributed by atoms with E-state index < -0.39 is 5.82 Å². The molecule has 20 heavy (non-hydrogen) atoms. The molecule has 0 aliphatic heterocycles. The van der Waals surface area contributed by atoms with E-state index in [-0.39, 0.29) is 12.3 Å². The van der Waals surface area contributed by atoms with Gasteiger partial charge in [0, 0.05) is 12.1 Å². The van der Waals surface area contributed by atoms with Gasteiger partial charge in [0.05, 0.1) is 5.69 Å². The first-order valence-corrected chi connectivity index (χ1v) is 6.16. The summed E-state index contributed by atoms with van der Waals surface area (Å²) in [4.78, 5) is 4.16. The van der Waals surface area contributed by atoms with E-state index >= 15 is 0 Å². The van der Waals surface area contributed by atoms with Crippen molar-refractivity contribution in [2.75, 3.05) is 5.73 Å². The number of benzene rings is 2. The number of nitrogens with two attached hydrogens (primary N) is 1. The van der Waals surface area contributed by atoms with E-state index in [4.69, 9.17) is 14.9 Å². The van der Waals surface area contributed by atoms with Gasteiger partial charge in [-0.25, -0.2) is 9.37 Å². The van der Waals surface area contributed by atoms with Crippen LogP contribution in [-0.2, 0) is 6.61 Å². The maximum Gasteiger partial charge on any atom is 0.233 e. The Hall–Kier alpha value is -2.56. The molecule has 0 saturated carbocycles. The van der Waals surface area contributed by atoms with Crippen LogP contribution >= 0.6 is 0 Å². The van der Waals surface area contributed by atoms with Crippen LogP contribution in [0.2, 0.25) is 0 Å². The Morgan fingerprint density at radius 3 is 2.95 bits per heavy atom. The molecule has 2 N–H and O–H groups in total. The first-order valence-electron chi connectivity index (χ1n) is 6.16. The van der Waals surface area contributed by atoms with Gasteiger partial charge in [-0.15, -0.1) is 0 Å². The zero-order valence-electron chi connectivity index (χ0n) is 10.9. The smallest absolute Gasteiger partial charge is 0.233 e. The van der Waals surface area contributed by atoms with Crippen LogP contribution < -0.4 is 10.5 Å². The summed E-state index contributed by atoms with van der Waals surface area (Å²) in [6.07, 6.45) is 0. The molecular formula is C15H13FN2O2. The van der Waals surface area contributed by atoms with Gasteiger partial charge in [0.1, 0.15) is 17.1 Å². The quantitative estimate of drug-likeness (QED) is 0.742. The second-order valence-corrected chi connectivity index (χ2v) is 4.56. The third kappa shape index (κ3) is 2.42. The monoisotopic (exact) mass is 272 g/mol. The second kappa shape index (κ2) is 4.85. The Bertz CT molecular complexity index is 768. The minimum Gasteiger partial charge on any atom is -0.484 e. The predicted molar refractivity (Wildman–Crippen MR) is 73.9 cm³/mol. The standard InChI is InChI=1S/C15H13FN2O2/c1-9-3-2-4-11(5-9)19-8-14-18-13-7-10(16)6-12(17)15(13)20-14/h2-7H,8,17H2,1H3. The number of aryl methyl sites for hydroxylation is 1. The predicted octanol–water partition coefficient (Wildman–Crippen LogP) is 3.44. The molecule has 0 radical (unpaired) electrons. The molecule has 1 aromatic heterocycles. The van der Waals surface area contributed by atoms with Crippen LogP contribution in [0.15, 0.2) is 40.8 Å². The van der Waals surface area contributed by atoms with Gasteiger partial charge in [0.15, 0.2) is 12.2 Å². The number of rotatable bonds is 3. The van der Waals surface area contributed by atoms with Crippen LogP contribution in [0.25, 0.3) is 11.1 Å². The van der Waals surface area contributed by atoms with Crippen molar-refractivity contribution in [3.05, 3.63) is 53.7 Å². The number of anilines is 1. The van der Waals surface area contributed by atoms with Crippen molar-refractivity contribution >= 4 is 16.8 Å². The van der Waals surface area contributed by atoms with Crippen molar-refractivity contribution in [1.82, 2.24) is 4.98 Å². The fourth-order valence-electron chi connectivity index (χ4n) is 1.98. The van der Waals surface area contributed by atoms with Crippen molar-refractivity contribution in [3.8, 4) is 5.75 Å². The molecule has 0 aliphatic carbocycles. The Morgan fingerprint density at radius 1 is 1.30 bits per heavy atom. The number of hydrogen-bond donors (Lipinski definition) is 1. The molecule has 0 saturated heterocycles. The van der Waals surface area contributed by atoms with Gasteiger partial charge in [0.25, 0.3) is 0 Å². The average Bonchev–Trinajstić information content (AvgIpc) is 2.80. The maximum absolute atomic E-state index is 13.2. The zero-order valence-corrected chi connectivity index (χ0v) is 10.9. The van der Waals surface area contributed by atoms with Crippen molar-refractivity contribution in [1.29, 1.82) is 0 Å². The fraction of sp³-hybridized carbons (Fsp3) is 0.133. The Kier molecular flexibility index (Phi) is 3.02. The average molecular weight is 272 g/mol. The number of hydrogen-bond acceptors (Lipinski definition) is 4. The molecule has 0 aliphatic rings. The molecular weight excluding hydrogens is 259 g/mol. The number of oxazole rings is 1. The molecule has 0 spiro atoms. The van der Waals surface area contributed by atoms with Crippen molar-refractivity contribution < 1.29 is 13.5 Å². The normalized spacial score (nSPS) is 10.9. The Labute approximate surface area is 115 Å². The summed E-state index contributed by atoms with van der Waals surface area (Å²) >= 11 is 0. The topological polar surface area (TPSA) is 61.3 Å². The SMILES string of the molecule is Cc1cccc(OCc2nc3cc(F)cc(N)c3o2)c1. The maximum atomic E-state index is 13.2. The summed E-state index contributed by atoms with van der Waals surface area (Å²) in [5.74, 6) is 0.652. The fourth-order valence-corrected chi connectivity index (χ4v) is 1.98. The lowest BCUT2D eigenvalue weighted by molar-refractivity contribution is 0.267. The molecule has 0 unspecified atom stereocenters. The lowest BCUT2D eigenvalue weighted by Gasteiger charge is -2.03. The van der Waals surface area contributed by atoms with Crippen molar-refractivity contribution in [3.63, 3.8) is 0 Å². The molecule has 5 heteroatoms. The largest absolute Gasteiger partial charge is 0.484 e. The van der Waals surface area contributed by atoms with E-state index in [9.17, 15) is 4.39 Å². The zero-order chi connectivity index (χ0) is 14.1. The molecule has 102 valence electrons. The Morgan fingerprint density at radius 2 is 2.15 bits per heavy atom. The summed E-state index contributed by atoms with van der Waals surface area (Å²) in [6, 6.07) is 10.1. The lowest BCUT2D eigenvalue weighted by atomic mass is 10.2. The molecule has 3 aromatic rings. The second-order valence-electron chi connectivity index (χ2n) is 4.56. The first-order chi connectivity index (χ1) is 9.61. The molecule has 0 fully saturated rings. The number of nitrogens with zero attached hydrogens (tertiary/aromatic N) is 1. The van der Waals surface area contributed by atoms with Crippen LogP contribution in [-0.4, -0.2) is 4.98 Å². The van der Waals surface area contributed by atoms with E-state index in [0.29, 0.717) is 17.0 Å². The van der Waals surface area contributed by atoms with E-state index in [1.54, 1.807) is 0 Å². The first kappa shape index (κ1) is 12.5. The van der Waals surface area contributed by atoms with Crippen LogP contribution in [0.1, 0.15) is 11.5 Å². The van der Waals surface area contributed by atoms with E-state index in [2.05, 4.69) is 4.98 Å². The summed E-state index contributed by atoms with van der Waals surface area (Å²) in [7, 11) is 0. The van der Waals surface area contributed by atoms with Crippen LogP contribution in [0.4, 0.5) is 10.1 Å². The third-order valence-electron chi connectivity index (χ3n) is 2.88. The Balaban J connectivity index is 1.83. The highest BCUT2D eigenvalue weighted by Gasteiger charge is 2.11. The van der Waals surface area contributed by atoms with E-state index in [1.165, 1.54) is 12.1 Å². The molecule has 0 atom stereocenters. The van der Waals surface area contributed by atoms with Crippen LogP contribution in [0.3, 0.4) is 0 Å². The summed E-state index contributed by atoms with van der Waals surface area (Å²) in [6.45, 7) is 2.15. The number of fused-ring (bicyclic) bond motifs is 1. The molecule has 0 bridgehead atoms. The number of aromatic nitrogens is 1. The van der Waals surface area contributed by atoms with Gasteiger partial charge in [0.2, 0.25) is 5.89 Å². The molecule has 1 heterocycles. The van der Waals surface area contributed by atoms with Gasteiger partial charge in [-0.1, -0.05) is 12.1 Å². The molecule has 0 amide bonds. The van der Waals surface area contributed by atoms with Crippen molar-refractivity contribution in [2.45, 2.75) is 13.5 Å². The van der Waals surface area contributed by atoms with Gasteiger partial charge in [-0.2, -0.15) is 0 Å². The van der Waals surface area contributed by atoms with Gasteiger partial charge in [-0.3, -0.25) is 0 Å². The highest BCUT2D eigenvalue weighted by molar-refractivity contribution is 5.84. The van der Waals surface area contributed by atoms with E-state index in [1.807, 2.05) is 31.2 Å². The van der Waals surface area contributed by atoms with Crippen LogP contribution in [0.5, 0.6) is 5.75 Å². The highest BCUT2D eigenvalue weighted by Crippen LogP contribution is 2.24. The highest BCUT2D eigenvalue weighted by atomic mass is 19.1. The molecule has 2 aromatic carbocycles. The van der Waals surface area contributed by atoms with Gasteiger partial charge >= 0.3 is 0 Å². The van der Waals surface area contributed by atoms with Gasteiger partial charge in [-0.05, 0) is 24.6 Å². The minimum absolute atomic E-state index is 0.166. The number of ether oxygens (including phenoxy) is 1.